The van der Waals surface area contributed by atoms with Crippen molar-refractivity contribution in [2.24, 2.45) is 5.10 Å². The minimum atomic E-state index is -4.57. The summed E-state index contributed by atoms with van der Waals surface area (Å²) >= 11 is 11.6. The minimum absolute atomic E-state index is 0.0230. The van der Waals surface area contributed by atoms with Gasteiger partial charge in [0.15, 0.2) is 5.71 Å². The van der Waals surface area contributed by atoms with Crippen LogP contribution in [0.1, 0.15) is 11.1 Å². The smallest absolute Gasteiger partial charge is 0.274 e. The molecule has 0 saturated carbocycles. The number of benzene rings is 1. The maximum Gasteiger partial charge on any atom is 0.416 e. The van der Waals surface area contributed by atoms with Crippen LogP contribution in [-0.4, -0.2) is 10.7 Å². The summed E-state index contributed by atoms with van der Waals surface area (Å²) in [5, 5.41) is 12.4. The molecule has 4 nitrogen and oxygen atoms in total. The fourth-order valence-corrected chi connectivity index (χ4v) is 2.18. The van der Waals surface area contributed by atoms with Crippen LogP contribution < -0.4 is 5.43 Å². The lowest BCUT2D eigenvalue weighted by molar-refractivity contribution is -0.137. The fourth-order valence-electron chi connectivity index (χ4n) is 1.61. The van der Waals surface area contributed by atoms with Gasteiger partial charge in [-0.1, -0.05) is 23.2 Å². The quantitative estimate of drug-likeness (QED) is 0.636. The van der Waals surface area contributed by atoms with Gasteiger partial charge in [-0.15, -0.1) is 0 Å². The summed E-state index contributed by atoms with van der Waals surface area (Å²) in [6.45, 7) is 0. The van der Waals surface area contributed by atoms with E-state index >= 15 is 0 Å². The van der Waals surface area contributed by atoms with Gasteiger partial charge in [-0.2, -0.15) is 23.5 Å². The van der Waals surface area contributed by atoms with Gasteiger partial charge < -0.3 is 0 Å². The third kappa shape index (κ3) is 4.12. The lowest BCUT2D eigenvalue weighted by Crippen LogP contribution is -2.06. The number of nitriles is 1. The molecule has 2 rings (SSSR count). The molecule has 0 bridgehead atoms. The molecule has 23 heavy (non-hydrogen) atoms. The van der Waals surface area contributed by atoms with E-state index in [2.05, 4.69) is 15.5 Å². The van der Waals surface area contributed by atoms with Crippen molar-refractivity contribution in [3.05, 3.63) is 57.8 Å². The van der Waals surface area contributed by atoms with Crippen molar-refractivity contribution in [3.8, 4) is 6.07 Å². The number of hydrogen-bond acceptors (Lipinski definition) is 4. The van der Waals surface area contributed by atoms with Gasteiger partial charge in [0, 0.05) is 18.0 Å². The molecular formula is C14H7Cl2F3N4. The van der Waals surface area contributed by atoms with Gasteiger partial charge in [0.05, 0.1) is 21.3 Å². The van der Waals surface area contributed by atoms with Crippen LogP contribution >= 0.6 is 23.2 Å². The van der Waals surface area contributed by atoms with E-state index in [1.165, 1.54) is 12.4 Å². The Bertz CT molecular complexity index is 760. The van der Waals surface area contributed by atoms with Gasteiger partial charge in [-0.05, 0) is 24.3 Å². The Hall–Kier alpha value is -2.30. The maximum atomic E-state index is 12.7. The molecule has 1 aromatic carbocycles. The highest BCUT2D eigenvalue weighted by Crippen LogP contribution is 2.38. The third-order valence-corrected chi connectivity index (χ3v) is 3.29. The molecule has 0 spiro atoms. The van der Waals surface area contributed by atoms with Gasteiger partial charge >= 0.3 is 6.18 Å². The number of anilines is 1. The summed E-state index contributed by atoms with van der Waals surface area (Å²) in [5.74, 6) is 0. The molecule has 1 aromatic heterocycles. The molecule has 0 atom stereocenters. The summed E-state index contributed by atoms with van der Waals surface area (Å²) in [5.41, 5.74) is 1.82. The van der Waals surface area contributed by atoms with Crippen molar-refractivity contribution in [1.29, 1.82) is 5.26 Å². The lowest BCUT2D eigenvalue weighted by atomic mass is 10.2. The van der Waals surface area contributed by atoms with Gasteiger partial charge in [0.1, 0.15) is 6.07 Å². The van der Waals surface area contributed by atoms with E-state index in [9.17, 15) is 13.2 Å². The Labute approximate surface area is 139 Å². The van der Waals surface area contributed by atoms with E-state index in [0.29, 0.717) is 5.56 Å². The highest BCUT2D eigenvalue weighted by Gasteiger charge is 2.32. The zero-order valence-corrected chi connectivity index (χ0v) is 12.7. The zero-order chi connectivity index (χ0) is 17.0. The van der Waals surface area contributed by atoms with Crippen LogP contribution in [0.5, 0.6) is 0 Å². The van der Waals surface area contributed by atoms with Crippen LogP contribution in [0.2, 0.25) is 10.0 Å². The number of alkyl halides is 3. The molecular weight excluding hydrogens is 352 g/mol. The molecule has 0 aliphatic rings. The number of nitrogens with one attached hydrogen (secondary N) is 1. The molecule has 0 aliphatic heterocycles. The molecule has 2 aromatic rings. The second kappa shape index (κ2) is 6.86. The Morgan fingerprint density at radius 3 is 2.39 bits per heavy atom. The number of rotatable bonds is 3. The Morgan fingerprint density at radius 1 is 1.26 bits per heavy atom. The average Bonchev–Trinajstić information content (AvgIpc) is 2.50. The molecule has 0 aliphatic carbocycles. The second-order valence-corrected chi connectivity index (χ2v) is 5.05. The second-order valence-electron chi connectivity index (χ2n) is 4.24. The third-order valence-electron chi connectivity index (χ3n) is 2.69. The molecule has 1 N–H and O–H groups in total. The van der Waals surface area contributed by atoms with E-state index in [1.807, 2.05) is 6.07 Å². The number of pyridine rings is 1. The van der Waals surface area contributed by atoms with Crippen molar-refractivity contribution in [2.75, 3.05) is 5.43 Å². The number of nitrogens with zero attached hydrogens (tertiary/aromatic N) is 3. The SMILES string of the molecule is N#CC(=NNc1c(Cl)cc(C(F)(F)F)cc1Cl)c1cccnc1. The maximum absolute atomic E-state index is 12.7. The number of hydrogen-bond donors (Lipinski definition) is 1. The normalized spacial score (nSPS) is 11.9. The predicted octanol–water partition coefficient (Wildman–Crippen LogP) is 4.75. The first kappa shape index (κ1) is 17.1. The standard InChI is InChI=1S/C14H7Cl2F3N4/c15-10-4-9(14(17,18)19)5-11(16)13(10)23-22-12(6-20)8-2-1-3-21-7-8/h1-5,7,23H. The molecule has 0 fully saturated rings. The first-order valence-electron chi connectivity index (χ1n) is 6.03. The average molecular weight is 359 g/mol. The van der Waals surface area contributed by atoms with Gasteiger partial charge in [0.25, 0.3) is 0 Å². The Morgan fingerprint density at radius 2 is 1.91 bits per heavy atom. The van der Waals surface area contributed by atoms with Crippen LogP contribution in [0.15, 0.2) is 41.8 Å². The molecule has 0 unspecified atom stereocenters. The summed E-state index contributed by atoms with van der Waals surface area (Å²) in [6, 6.07) is 6.51. The van der Waals surface area contributed by atoms with Crippen LogP contribution in [0.25, 0.3) is 0 Å². The molecule has 0 saturated heterocycles. The number of halogens is 5. The lowest BCUT2D eigenvalue weighted by Gasteiger charge is -2.11. The number of hydrazone groups is 1. The van der Waals surface area contributed by atoms with Gasteiger partial charge in [-0.25, -0.2) is 0 Å². The Kier molecular flexibility index (Phi) is 5.08. The van der Waals surface area contributed by atoms with E-state index < -0.39 is 11.7 Å². The van der Waals surface area contributed by atoms with E-state index in [0.717, 1.165) is 12.1 Å². The van der Waals surface area contributed by atoms with Crippen molar-refractivity contribution in [2.45, 2.75) is 6.18 Å². The molecule has 9 heteroatoms. The van der Waals surface area contributed by atoms with Gasteiger partial charge in [-0.3, -0.25) is 10.4 Å². The minimum Gasteiger partial charge on any atom is -0.274 e. The van der Waals surface area contributed by atoms with Crippen LogP contribution in [0.4, 0.5) is 18.9 Å². The van der Waals surface area contributed by atoms with Crippen LogP contribution in [0.3, 0.4) is 0 Å². The number of aromatic nitrogens is 1. The largest absolute Gasteiger partial charge is 0.416 e. The summed E-state index contributed by atoms with van der Waals surface area (Å²) < 4.78 is 38.0. The fraction of sp³-hybridized carbons (Fsp3) is 0.0714. The highest BCUT2D eigenvalue weighted by atomic mass is 35.5. The monoisotopic (exact) mass is 358 g/mol. The summed E-state index contributed by atoms with van der Waals surface area (Å²) in [4.78, 5) is 3.85. The van der Waals surface area contributed by atoms with Crippen molar-refractivity contribution < 1.29 is 13.2 Å². The van der Waals surface area contributed by atoms with Crippen molar-refractivity contribution in [1.82, 2.24) is 4.98 Å². The van der Waals surface area contributed by atoms with E-state index in [-0.39, 0.29) is 21.4 Å². The molecule has 0 radical (unpaired) electrons. The van der Waals surface area contributed by atoms with E-state index in [1.54, 1.807) is 12.1 Å². The molecule has 1 heterocycles. The zero-order valence-electron chi connectivity index (χ0n) is 11.2. The molecule has 0 amide bonds. The van der Waals surface area contributed by atoms with Crippen LogP contribution in [-0.2, 0) is 6.18 Å². The first-order valence-corrected chi connectivity index (χ1v) is 6.79. The molecule has 118 valence electrons. The topological polar surface area (TPSA) is 61.1 Å². The summed E-state index contributed by atoms with van der Waals surface area (Å²) in [7, 11) is 0. The highest BCUT2D eigenvalue weighted by molar-refractivity contribution is 6.39. The van der Waals surface area contributed by atoms with Crippen molar-refractivity contribution in [3.63, 3.8) is 0 Å². The first-order chi connectivity index (χ1) is 10.8. The van der Waals surface area contributed by atoms with Crippen LogP contribution in [0, 0.1) is 11.3 Å². The van der Waals surface area contributed by atoms with E-state index in [4.69, 9.17) is 28.5 Å². The summed E-state index contributed by atoms with van der Waals surface area (Å²) in [6.07, 6.45) is -1.63. The van der Waals surface area contributed by atoms with Gasteiger partial charge in [0.2, 0.25) is 0 Å². The van der Waals surface area contributed by atoms with Crippen molar-refractivity contribution >= 4 is 34.6 Å². The predicted molar refractivity (Wildman–Crippen MR) is 81.5 cm³/mol. The Balaban J connectivity index is 2.34.